The number of aryl methyl sites for hydroxylation is 1. The van der Waals surface area contributed by atoms with E-state index in [1.165, 1.54) is 0 Å². The molecule has 1 unspecified atom stereocenters. The summed E-state index contributed by atoms with van der Waals surface area (Å²) in [6.07, 6.45) is 0. The number of anilines is 2. The van der Waals surface area contributed by atoms with E-state index in [9.17, 15) is 4.79 Å². The van der Waals surface area contributed by atoms with Crippen molar-refractivity contribution in [3.8, 4) is 0 Å². The Labute approximate surface area is 123 Å². The van der Waals surface area contributed by atoms with Gasteiger partial charge in [-0.1, -0.05) is 29.8 Å². The van der Waals surface area contributed by atoms with Crippen LogP contribution < -0.4 is 11.1 Å². The third kappa shape index (κ3) is 3.31. The van der Waals surface area contributed by atoms with Crippen molar-refractivity contribution in [1.82, 2.24) is 0 Å². The van der Waals surface area contributed by atoms with Gasteiger partial charge in [-0.25, -0.2) is 0 Å². The van der Waals surface area contributed by atoms with Gasteiger partial charge in [-0.2, -0.15) is 0 Å². The van der Waals surface area contributed by atoms with E-state index in [2.05, 4.69) is 5.32 Å². The second kappa shape index (κ2) is 5.97. The molecule has 0 saturated carbocycles. The van der Waals surface area contributed by atoms with E-state index in [4.69, 9.17) is 17.3 Å². The zero-order chi connectivity index (χ0) is 14.7. The number of carbonyl (C=O) groups excluding carboxylic acids is 1. The Hall–Kier alpha value is -2.00. The quantitative estimate of drug-likeness (QED) is 0.840. The van der Waals surface area contributed by atoms with Crippen LogP contribution in [0.25, 0.3) is 0 Å². The number of rotatable bonds is 3. The first-order chi connectivity index (χ1) is 9.47. The molecule has 2 aromatic carbocycles. The minimum absolute atomic E-state index is 0.110. The lowest BCUT2D eigenvalue weighted by Gasteiger charge is -2.14. The molecular weight excluding hydrogens is 272 g/mol. The zero-order valence-corrected chi connectivity index (χ0v) is 12.2. The van der Waals surface area contributed by atoms with Gasteiger partial charge in [0.1, 0.15) is 0 Å². The van der Waals surface area contributed by atoms with E-state index < -0.39 is 0 Å². The second-order valence-corrected chi connectivity index (χ2v) is 5.27. The van der Waals surface area contributed by atoms with E-state index in [0.29, 0.717) is 16.4 Å². The van der Waals surface area contributed by atoms with Gasteiger partial charge in [0, 0.05) is 5.69 Å². The van der Waals surface area contributed by atoms with Gasteiger partial charge >= 0.3 is 0 Å². The van der Waals surface area contributed by atoms with Crippen LogP contribution in [0.4, 0.5) is 11.4 Å². The Kier molecular flexibility index (Phi) is 4.30. The highest BCUT2D eigenvalue weighted by molar-refractivity contribution is 6.33. The summed E-state index contributed by atoms with van der Waals surface area (Å²) in [4.78, 5) is 12.3. The van der Waals surface area contributed by atoms with Crippen LogP contribution >= 0.6 is 11.6 Å². The molecule has 1 amide bonds. The molecule has 0 spiro atoms. The molecule has 2 rings (SSSR count). The molecule has 0 aliphatic heterocycles. The van der Waals surface area contributed by atoms with Crippen LogP contribution in [0.3, 0.4) is 0 Å². The van der Waals surface area contributed by atoms with E-state index in [1.54, 1.807) is 12.1 Å². The van der Waals surface area contributed by atoms with Gasteiger partial charge in [-0.3, -0.25) is 4.79 Å². The van der Waals surface area contributed by atoms with E-state index >= 15 is 0 Å². The highest BCUT2D eigenvalue weighted by atomic mass is 35.5. The van der Waals surface area contributed by atoms with Crippen LogP contribution in [0, 0.1) is 6.92 Å². The summed E-state index contributed by atoms with van der Waals surface area (Å²) in [6, 6.07) is 12.9. The molecule has 0 aliphatic rings. The van der Waals surface area contributed by atoms with Gasteiger partial charge in [0.05, 0.1) is 16.6 Å². The lowest BCUT2D eigenvalue weighted by Crippen LogP contribution is -2.19. The summed E-state index contributed by atoms with van der Waals surface area (Å²) < 4.78 is 0. The van der Waals surface area contributed by atoms with Gasteiger partial charge in [-0.15, -0.1) is 0 Å². The smallest absolute Gasteiger partial charge is 0.231 e. The zero-order valence-electron chi connectivity index (χ0n) is 11.5. The number of halogens is 1. The number of nitrogen functional groups attached to an aromatic ring is 1. The summed E-state index contributed by atoms with van der Waals surface area (Å²) >= 11 is 6.11. The molecule has 2 aromatic rings. The number of benzene rings is 2. The Balaban J connectivity index is 2.15. The Morgan fingerprint density at radius 3 is 2.65 bits per heavy atom. The van der Waals surface area contributed by atoms with Crippen LogP contribution in [0.1, 0.15) is 24.0 Å². The van der Waals surface area contributed by atoms with Gasteiger partial charge < -0.3 is 11.1 Å². The highest BCUT2D eigenvalue weighted by Gasteiger charge is 2.16. The SMILES string of the molecule is Cc1ccc(NC(=O)C(C)c2cccc(N)c2)c(Cl)c1. The lowest BCUT2D eigenvalue weighted by atomic mass is 10.00. The van der Waals surface area contributed by atoms with E-state index in [-0.39, 0.29) is 11.8 Å². The van der Waals surface area contributed by atoms with Crippen molar-refractivity contribution in [3.63, 3.8) is 0 Å². The fraction of sp³-hybridized carbons (Fsp3) is 0.188. The van der Waals surface area contributed by atoms with Gasteiger partial charge in [0.25, 0.3) is 0 Å². The number of hydrogen-bond donors (Lipinski definition) is 2. The average molecular weight is 289 g/mol. The molecule has 3 N–H and O–H groups in total. The average Bonchev–Trinajstić information content (AvgIpc) is 2.41. The molecular formula is C16H17ClN2O. The third-order valence-electron chi connectivity index (χ3n) is 3.19. The topological polar surface area (TPSA) is 55.1 Å². The normalized spacial score (nSPS) is 11.9. The van der Waals surface area contributed by atoms with E-state index in [1.807, 2.05) is 44.2 Å². The first-order valence-electron chi connectivity index (χ1n) is 6.40. The molecule has 0 saturated heterocycles. The number of nitrogens with two attached hydrogens (primary N) is 1. The van der Waals surface area contributed by atoms with Crippen molar-refractivity contribution in [2.24, 2.45) is 0 Å². The summed E-state index contributed by atoms with van der Waals surface area (Å²) in [6.45, 7) is 3.79. The molecule has 0 heterocycles. The first kappa shape index (κ1) is 14.4. The third-order valence-corrected chi connectivity index (χ3v) is 3.50. The fourth-order valence-corrected chi connectivity index (χ4v) is 2.22. The molecule has 1 atom stereocenters. The molecule has 3 nitrogen and oxygen atoms in total. The Bertz CT molecular complexity index is 640. The molecule has 0 radical (unpaired) electrons. The van der Waals surface area contributed by atoms with Crippen LogP contribution in [0.15, 0.2) is 42.5 Å². The number of amides is 1. The summed E-state index contributed by atoms with van der Waals surface area (Å²) in [5.41, 5.74) is 8.94. The molecule has 4 heteroatoms. The second-order valence-electron chi connectivity index (χ2n) is 4.86. The van der Waals surface area contributed by atoms with Crippen molar-refractivity contribution >= 4 is 28.9 Å². The van der Waals surface area contributed by atoms with Crippen LogP contribution in [-0.4, -0.2) is 5.91 Å². The maximum absolute atomic E-state index is 12.3. The number of hydrogen-bond acceptors (Lipinski definition) is 2. The maximum atomic E-state index is 12.3. The first-order valence-corrected chi connectivity index (χ1v) is 6.77. The van der Waals surface area contributed by atoms with Gasteiger partial charge in [-0.05, 0) is 49.2 Å². The number of nitrogens with one attached hydrogen (secondary N) is 1. The van der Waals surface area contributed by atoms with Crippen LogP contribution in [0.5, 0.6) is 0 Å². The summed E-state index contributed by atoms with van der Waals surface area (Å²) in [5.74, 6) is -0.405. The predicted molar refractivity (Wildman–Crippen MR) is 84.1 cm³/mol. The molecule has 20 heavy (non-hydrogen) atoms. The van der Waals surface area contributed by atoms with Crippen molar-refractivity contribution in [2.45, 2.75) is 19.8 Å². The van der Waals surface area contributed by atoms with Crippen molar-refractivity contribution in [1.29, 1.82) is 0 Å². The summed E-state index contributed by atoms with van der Waals surface area (Å²) in [7, 11) is 0. The molecule has 0 aromatic heterocycles. The van der Waals surface area contributed by atoms with Crippen LogP contribution in [-0.2, 0) is 4.79 Å². The molecule has 0 fully saturated rings. The molecule has 104 valence electrons. The monoisotopic (exact) mass is 288 g/mol. The van der Waals surface area contributed by atoms with Gasteiger partial charge in [0.2, 0.25) is 5.91 Å². The number of carbonyl (C=O) groups is 1. The predicted octanol–water partition coefficient (Wildman–Crippen LogP) is 3.97. The van der Waals surface area contributed by atoms with Gasteiger partial charge in [0.15, 0.2) is 0 Å². The van der Waals surface area contributed by atoms with Crippen molar-refractivity contribution in [3.05, 3.63) is 58.6 Å². The lowest BCUT2D eigenvalue weighted by molar-refractivity contribution is -0.117. The van der Waals surface area contributed by atoms with E-state index in [0.717, 1.165) is 11.1 Å². The minimum Gasteiger partial charge on any atom is -0.399 e. The van der Waals surface area contributed by atoms with Crippen molar-refractivity contribution < 1.29 is 4.79 Å². The largest absolute Gasteiger partial charge is 0.399 e. The summed E-state index contributed by atoms with van der Waals surface area (Å²) in [5, 5.41) is 3.38. The highest BCUT2D eigenvalue weighted by Crippen LogP contribution is 2.25. The maximum Gasteiger partial charge on any atom is 0.231 e. The fourth-order valence-electron chi connectivity index (χ4n) is 1.94. The molecule has 0 bridgehead atoms. The van der Waals surface area contributed by atoms with Crippen LogP contribution in [0.2, 0.25) is 5.02 Å². The standard InChI is InChI=1S/C16H17ClN2O/c1-10-6-7-15(14(17)8-10)19-16(20)11(2)12-4-3-5-13(18)9-12/h3-9,11H,18H2,1-2H3,(H,19,20). The Morgan fingerprint density at radius 2 is 2.00 bits per heavy atom. The minimum atomic E-state index is -0.295. The Morgan fingerprint density at radius 1 is 1.25 bits per heavy atom. The molecule has 0 aliphatic carbocycles. The van der Waals surface area contributed by atoms with Crippen molar-refractivity contribution in [2.75, 3.05) is 11.1 Å².